The lowest BCUT2D eigenvalue weighted by molar-refractivity contribution is 0.382. The summed E-state index contributed by atoms with van der Waals surface area (Å²) in [5.41, 5.74) is 0. The number of hydrogen-bond donors (Lipinski definition) is 2. The number of sulfone groups is 1. The molecule has 8 nitrogen and oxygen atoms in total. The van der Waals surface area contributed by atoms with E-state index in [1.54, 1.807) is 0 Å². The predicted octanol–water partition coefficient (Wildman–Crippen LogP) is -0.460. The van der Waals surface area contributed by atoms with Gasteiger partial charge in [-0.05, 0) is 25.7 Å². The van der Waals surface area contributed by atoms with Gasteiger partial charge in [-0.2, -0.15) is 8.42 Å². The van der Waals surface area contributed by atoms with Gasteiger partial charge < -0.3 is 0 Å². The fraction of sp³-hybridized carbons (Fsp3) is 1.00. The first-order chi connectivity index (χ1) is 9.39. The standard InChI is InChI=1S/C10H21NO7S3/c1-19(12,13)6-3-7-20(14,15)11-9-4-2-5-10(8-9)21(16,17)18/h9-11H,2-8H2,1H3,(H,16,17,18). The summed E-state index contributed by atoms with van der Waals surface area (Å²) in [6, 6.07) is -0.547. The fourth-order valence-electron chi connectivity index (χ4n) is 2.35. The van der Waals surface area contributed by atoms with Crippen molar-refractivity contribution >= 4 is 30.0 Å². The van der Waals surface area contributed by atoms with Gasteiger partial charge in [-0.15, -0.1) is 0 Å². The van der Waals surface area contributed by atoms with E-state index < -0.39 is 41.3 Å². The van der Waals surface area contributed by atoms with Gasteiger partial charge in [0, 0.05) is 12.3 Å². The smallest absolute Gasteiger partial charge is 0.267 e. The Morgan fingerprint density at radius 3 is 2.19 bits per heavy atom. The van der Waals surface area contributed by atoms with E-state index in [1.807, 2.05) is 0 Å². The van der Waals surface area contributed by atoms with Crippen molar-refractivity contribution in [2.24, 2.45) is 0 Å². The van der Waals surface area contributed by atoms with Crippen LogP contribution in [0.1, 0.15) is 32.1 Å². The Balaban J connectivity index is 2.55. The van der Waals surface area contributed by atoms with Gasteiger partial charge in [0.2, 0.25) is 10.0 Å². The third-order valence-corrected chi connectivity index (χ3v) is 7.14. The molecule has 0 heterocycles. The van der Waals surface area contributed by atoms with E-state index in [0.717, 1.165) is 6.26 Å². The van der Waals surface area contributed by atoms with Crippen LogP contribution in [0.25, 0.3) is 0 Å². The molecule has 0 bridgehead atoms. The van der Waals surface area contributed by atoms with Crippen LogP contribution >= 0.6 is 0 Å². The van der Waals surface area contributed by atoms with E-state index in [2.05, 4.69) is 4.72 Å². The van der Waals surface area contributed by atoms with Gasteiger partial charge in [-0.1, -0.05) is 6.42 Å². The molecule has 1 aliphatic carbocycles. The molecule has 0 radical (unpaired) electrons. The summed E-state index contributed by atoms with van der Waals surface area (Å²) in [4.78, 5) is 0. The molecule has 2 atom stereocenters. The molecule has 1 saturated carbocycles. The Hall–Kier alpha value is -0.230. The summed E-state index contributed by atoms with van der Waals surface area (Å²) >= 11 is 0. The molecule has 2 unspecified atom stereocenters. The van der Waals surface area contributed by atoms with Crippen molar-refractivity contribution in [3.05, 3.63) is 0 Å². The molecule has 0 aromatic heterocycles. The highest BCUT2D eigenvalue weighted by Crippen LogP contribution is 2.24. The summed E-state index contributed by atoms with van der Waals surface area (Å²) in [6.45, 7) is 0. The average molecular weight is 363 g/mol. The highest BCUT2D eigenvalue weighted by molar-refractivity contribution is 7.91. The first-order valence-electron chi connectivity index (χ1n) is 6.53. The third kappa shape index (κ3) is 7.54. The van der Waals surface area contributed by atoms with Gasteiger partial charge >= 0.3 is 0 Å². The maximum atomic E-state index is 11.8. The summed E-state index contributed by atoms with van der Waals surface area (Å²) in [6.07, 6.45) is 2.36. The van der Waals surface area contributed by atoms with E-state index in [9.17, 15) is 25.3 Å². The largest absolute Gasteiger partial charge is 0.285 e. The maximum absolute atomic E-state index is 11.8. The first kappa shape index (κ1) is 18.8. The van der Waals surface area contributed by atoms with Crippen molar-refractivity contribution < 1.29 is 29.8 Å². The monoisotopic (exact) mass is 363 g/mol. The Labute approximate surface area is 126 Å². The van der Waals surface area contributed by atoms with Crippen LogP contribution in [0.4, 0.5) is 0 Å². The van der Waals surface area contributed by atoms with Gasteiger partial charge in [0.1, 0.15) is 9.84 Å². The molecule has 0 spiro atoms. The van der Waals surface area contributed by atoms with Gasteiger partial charge in [0.25, 0.3) is 10.1 Å². The molecular formula is C10H21NO7S3. The normalized spacial score (nSPS) is 24.9. The minimum absolute atomic E-state index is 0.0113. The van der Waals surface area contributed by atoms with Crippen molar-refractivity contribution in [3.8, 4) is 0 Å². The molecular weight excluding hydrogens is 342 g/mol. The van der Waals surface area contributed by atoms with Gasteiger partial charge in [0.15, 0.2) is 0 Å². The van der Waals surface area contributed by atoms with Crippen LogP contribution in [-0.2, 0) is 30.0 Å². The highest BCUT2D eigenvalue weighted by atomic mass is 32.2. The SMILES string of the molecule is CS(=O)(=O)CCCS(=O)(=O)NC1CCCC(S(=O)(=O)O)C1. The summed E-state index contributed by atoms with van der Waals surface area (Å²) in [5, 5.41) is -0.949. The van der Waals surface area contributed by atoms with Crippen LogP contribution in [0.15, 0.2) is 0 Å². The predicted molar refractivity (Wildman–Crippen MR) is 78.8 cm³/mol. The minimum atomic E-state index is -4.16. The highest BCUT2D eigenvalue weighted by Gasteiger charge is 2.32. The van der Waals surface area contributed by atoms with Crippen molar-refractivity contribution in [1.29, 1.82) is 0 Å². The lowest BCUT2D eigenvalue weighted by atomic mass is 9.96. The summed E-state index contributed by atoms with van der Waals surface area (Å²) in [7, 11) is -11.0. The molecule has 0 aliphatic heterocycles. The zero-order chi connectivity index (χ0) is 16.3. The van der Waals surface area contributed by atoms with Crippen molar-refractivity contribution in [1.82, 2.24) is 4.72 Å². The van der Waals surface area contributed by atoms with Crippen LogP contribution in [0.5, 0.6) is 0 Å². The summed E-state index contributed by atoms with van der Waals surface area (Å²) < 4.78 is 79.1. The summed E-state index contributed by atoms with van der Waals surface area (Å²) in [5.74, 6) is -0.542. The molecule has 1 aliphatic rings. The minimum Gasteiger partial charge on any atom is -0.285 e. The van der Waals surface area contributed by atoms with Crippen LogP contribution < -0.4 is 4.72 Å². The number of hydrogen-bond acceptors (Lipinski definition) is 6. The molecule has 0 aromatic carbocycles. The fourth-order valence-corrected chi connectivity index (χ4v) is 5.50. The van der Waals surface area contributed by atoms with Crippen molar-refractivity contribution in [3.63, 3.8) is 0 Å². The second-order valence-electron chi connectivity index (χ2n) is 5.42. The average Bonchev–Trinajstić information content (AvgIpc) is 2.25. The zero-order valence-electron chi connectivity index (χ0n) is 11.7. The third-order valence-electron chi connectivity index (χ3n) is 3.32. The van der Waals surface area contributed by atoms with E-state index in [-0.39, 0.29) is 24.3 Å². The second kappa shape index (κ2) is 6.90. The van der Waals surface area contributed by atoms with Crippen LogP contribution in [0, 0.1) is 0 Å². The Kier molecular flexibility index (Phi) is 6.18. The Morgan fingerprint density at radius 2 is 1.67 bits per heavy atom. The maximum Gasteiger partial charge on any atom is 0.267 e. The molecule has 11 heteroatoms. The molecule has 2 N–H and O–H groups in total. The van der Waals surface area contributed by atoms with E-state index in [0.29, 0.717) is 19.3 Å². The molecule has 126 valence electrons. The molecule has 21 heavy (non-hydrogen) atoms. The van der Waals surface area contributed by atoms with Gasteiger partial charge in [-0.25, -0.2) is 21.6 Å². The van der Waals surface area contributed by atoms with Crippen LogP contribution in [0.3, 0.4) is 0 Å². The second-order valence-corrected chi connectivity index (χ2v) is 11.3. The molecule has 0 aromatic rings. The first-order valence-corrected chi connectivity index (χ1v) is 11.7. The van der Waals surface area contributed by atoms with Crippen molar-refractivity contribution in [2.75, 3.05) is 17.8 Å². The zero-order valence-corrected chi connectivity index (χ0v) is 14.2. The van der Waals surface area contributed by atoms with Gasteiger partial charge in [-0.3, -0.25) is 4.55 Å². The molecule has 1 fully saturated rings. The van der Waals surface area contributed by atoms with Crippen LogP contribution in [0.2, 0.25) is 0 Å². The topological polar surface area (TPSA) is 135 Å². The molecule has 0 amide bonds. The van der Waals surface area contributed by atoms with E-state index in [1.165, 1.54) is 0 Å². The Bertz CT molecular complexity index is 651. The lowest BCUT2D eigenvalue weighted by Crippen LogP contribution is -2.42. The number of rotatable bonds is 7. The van der Waals surface area contributed by atoms with E-state index >= 15 is 0 Å². The van der Waals surface area contributed by atoms with Crippen LogP contribution in [-0.4, -0.2) is 58.9 Å². The molecule has 0 saturated heterocycles. The molecule has 1 rings (SSSR count). The van der Waals surface area contributed by atoms with Crippen molar-refractivity contribution in [2.45, 2.75) is 43.4 Å². The van der Waals surface area contributed by atoms with E-state index in [4.69, 9.17) is 4.55 Å². The number of nitrogens with one attached hydrogen (secondary N) is 1. The Morgan fingerprint density at radius 1 is 1.05 bits per heavy atom. The van der Waals surface area contributed by atoms with Gasteiger partial charge in [0.05, 0.1) is 16.8 Å². The quantitative estimate of drug-likeness (QED) is 0.584. The lowest BCUT2D eigenvalue weighted by Gasteiger charge is -2.27. The number of sulfonamides is 1.